The summed E-state index contributed by atoms with van der Waals surface area (Å²) in [5, 5.41) is 0. The molecule has 20 heavy (non-hydrogen) atoms. The van der Waals surface area contributed by atoms with Gasteiger partial charge in [0.25, 0.3) is 0 Å². The molecule has 5 nitrogen and oxygen atoms in total. The molecule has 0 aromatic heterocycles. The third-order valence-corrected chi connectivity index (χ3v) is 3.69. The van der Waals surface area contributed by atoms with Gasteiger partial charge in [-0.3, -0.25) is 0 Å². The Morgan fingerprint density at radius 2 is 1.95 bits per heavy atom. The molecule has 2 saturated heterocycles. The fourth-order valence-electron chi connectivity index (χ4n) is 2.60. The van der Waals surface area contributed by atoms with E-state index in [9.17, 15) is 4.79 Å². The van der Waals surface area contributed by atoms with Gasteiger partial charge in [0, 0.05) is 26.1 Å². The van der Waals surface area contributed by atoms with Gasteiger partial charge in [0.2, 0.25) is 0 Å². The van der Waals surface area contributed by atoms with Gasteiger partial charge in [-0.15, -0.1) is 0 Å². The topological polar surface area (TPSA) is 42.0 Å². The molecule has 2 heterocycles. The van der Waals surface area contributed by atoms with Crippen molar-refractivity contribution in [3.05, 3.63) is 30.3 Å². The fraction of sp³-hybridized carbons (Fsp3) is 0.533. The molecule has 5 heteroatoms. The highest BCUT2D eigenvalue weighted by Gasteiger charge is 2.31. The van der Waals surface area contributed by atoms with Crippen molar-refractivity contribution in [1.82, 2.24) is 9.80 Å². The van der Waals surface area contributed by atoms with Gasteiger partial charge in [-0.25, -0.2) is 4.79 Å². The van der Waals surface area contributed by atoms with E-state index in [-0.39, 0.29) is 12.1 Å². The maximum atomic E-state index is 12.3. The standard InChI is InChI=1S/C15H19N2O3/c18-15(16-8-10-19-11-9-16)17-7-6-14(12-17)20-13-4-2-1-3-5-13/h2-5,14H,6-12H2. The van der Waals surface area contributed by atoms with E-state index in [1.165, 1.54) is 0 Å². The normalized spacial score (nSPS) is 22.9. The van der Waals surface area contributed by atoms with Crippen LogP contribution in [0.2, 0.25) is 0 Å². The summed E-state index contributed by atoms with van der Waals surface area (Å²) < 4.78 is 11.2. The lowest BCUT2D eigenvalue weighted by Gasteiger charge is -2.30. The second-order valence-electron chi connectivity index (χ2n) is 5.09. The van der Waals surface area contributed by atoms with Crippen LogP contribution in [0, 0.1) is 6.07 Å². The van der Waals surface area contributed by atoms with Gasteiger partial charge in [0.1, 0.15) is 11.9 Å². The van der Waals surface area contributed by atoms with Gasteiger partial charge >= 0.3 is 6.03 Å². The van der Waals surface area contributed by atoms with Crippen molar-refractivity contribution in [2.75, 3.05) is 39.4 Å². The van der Waals surface area contributed by atoms with Crippen LogP contribution in [0.4, 0.5) is 4.79 Å². The van der Waals surface area contributed by atoms with Gasteiger partial charge in [0.05, 0.1) is 19.8 Å². The number of hydrogen-bond acceptors (Lipinski definition) is 3. The predicted molar refractivity (Wildman–Crippen MR) is 73.7 cm³/mol. The van der Waals surface area contributed by atoms with E-state index in [1.54, 1.807) is 0 Å². The number of amides is 2. The lowest BCUT2D eigenvalue weighted by molar-refractivity contribution is 0.0443. The molecular weight excluding hydrogens is 256 g/mol. The molecule has 1 aromatic rings. The lowest BCUT2D eigenvalue weighted by Crippen LogP contribution is -2.47. The Bertz CT molecular complexity index is 446. The number of urea groups is 1. The van der Waals surface area contributed by atoms with E-state index in [1.807, 2.05) is 34.1 Å². The number of likely N-dealkylation sites (tertiary alicyclic amines) is 1. The van der Waals surface area contributed by atoms with Crippen LogP contribution in [-0.4, -0.2) is 61.3 Å². The van der Waals surface area contributed by atoms with Gasteiger partial charge in [-0.2, -0.15) is 0 Å². The first kappa shape index (κ1) is 13.2. The highest BCUT2D eigenvalue weighted by atomic mass is 16.5. The summed E-state index contributed by atoms with van der Waals surface area (Å²) in [6, 6.07) is 10.5. The van der Waals surface area contributed by atoms with Crippen molar-refractivity contribution in [1.29, 1.82) is 0 Å². The van der Waals surface area contributed by atoms with Gasteiger partial charge in [0.15, 0.2) is 0 Å². The van der Waals surface area contributed by atoms with Crippen molar-refractivity contribution in [2.24, 2.45) is 0 Å². The van der Waals surface area contributed by atoms with Crippen molar-refractivity contribution < 1.29 is 14.3 Å². The molecule has 107 valence electrons. The first-order chi connectivity index (χ1) is 9.83. The second kappa shape index (κ2) is 6.13. The zero-order valence-corrected chi connectivity index (χ0v) is 11.5. The number of nitrogens with zero attached hydrogens (tertiary/aromatic N) is 2. The highest BCUT2D eigenvalue weighted by molar-refractivity contribution is 5.75. The number of rotatable bonds is 2. The van der Waals surface area contributed by atoms with Crippen LogP contribution in [0.3, 0.4) is 0 Å². The van der Waals surface area contributed by atoms with Crippen molar-refractivity contribution in [3.63, 3.8) is 0 Å². The van der Waals surface area contributed by atoms with E-state index < -0.39 is 0 Å². The van der Waals surface area contributed by atoms with E-state index in [0.29, 0.717) is 32.8 Å². The van der Waals surface area contributed by atoms with Crippen molar-refractivity contribution in [3.8, 4) is 5.75 Å². The van der Waals surface area contributed by atoms with Crippen LogP contribution >= 0.6 is 0 Å². The first-order valence-electron chi connectivity index (χ1n) is 7.07. The maximum Gasteiger partial charge on any atom is 0.320 e. The highest BCUT2D eigenvalue weighted by Crippen LogP contribution is 2.19. The Morgan fingerprint density at radius 3 is 2.70 bits per heavy atom. The molecular formula is C15H19N2O3. The summed E-state index contributed by atoms with van der Waals surface area (Å²) in [5.74, 6) is 0.842. The summed E-state index contributed by atoms with van der Waals surface area (Å²) in [4.78, 5) is 16.1. The summed E-state index contributed by atoms with van der Waals surface area (Å²) in [5.41, 5.74) is 0. The molecule has 1 radical (unpaired) electrons. The largest absolute Gasteiger partial charge is 0.489 e. The summed E-state index contributed by atoms with van der Waals surface area (Å²) in [6.45, 7) is 4.08. The zero-order chi connectivity index (χ0) is 13.8. The Balaban J connectivity index is 1.52. The Kier molecular flexibility index (Phi) is 4.06. The minimum absolute atomic E-state index is 0.0855. The first-order valence-corrected chi connectivity index (χ1v) is 7.07. The third-order valence-electron chi connectivity index (χ3n) is 3.69. The molecule has 2 fully saturated rings. The van der Waals surface area contributed by atoms with Gasteiger partial charge in [-0.05, 0) is 18.2 Å². The monoisotopic (exact) mass is 275 g/mol. The molecule has 1 aromatic carbocycles. The molecule has 0 saturated carbocycles. The molecule has 0 bridgehead atoms. The average molecular weight is 275 g/mol. The Morgan fingerprint density at radius 1 is 1.20 bits per heavy atom. The zero-order valence-electron chi connectivity index (χ0n) is 11.5. The van der Waals surface area contributed by atoms with E-state index in [2.05, 4.69) is 6.07 Å². The molecule has 0 aliphatic carbocycles. The van der Waals surface area contributed by atoms with Crippen molar-refractivity contribution >= 4 is 6.03 Å². The van der Waals surface area contributed by atoms with Crippen LogP contribution in [0.15, 0.2) is 24.3 Å². The van der Waals surface area contributed by atoms with E-state index in [4.69, 9.17) is 9.47 Å². The Labute approximate surface area is 119 Å². The van der Waals surface area contributed by atoms with Crippen LogP contribution < -0.4 is 4.74 Å². The van der Waals surface area contributed by atoms with Gasteiger partial charge < -0.3 is 19.3 Å². The maximum absolute atomic E-state index is 12.3. The SMILES string of the molecule is O=C(N1CCOCC1)N1CCC(Oc2cc[c]cc2)C1. The molecule has 0 spiro atoms. The number of carbonyl (C=O) groups excluding carboxylic acids is 1. The number of ether oxygens (including phenoxy) is 2. The minimum Gasteiger partial charge on any atom is -0.489 e. The molecule has 2 aliphatic rings. The predicted octanol–water partition coefficient (Wildman–Crippen LogP) is 1.39. The summed E-state index contributed by atoms with van der Waals surface area (Å²) in [6.07, 6.45) is 0.969. The molecule has 2 amide bonds. The van der Waals surface area contributed by atoms with Crippen LogP contribution in [0.1, 0.15) is 6.42 Å². The number of morpholine rings is 1. The van der Waals surface area contributed by atoms with Crippen LogP contribution in [0.25, 0.3) is 0 Å². The van der Waals surface area contributed by atoms with Crippen molar-refractivity contribution in [2.45, 2.75) is 12.5 Å². The second-order valence-corrected chi connectivity index (χ2v) is 5.09. The Hall–Kier alpha value is -1.75. The van der Waals surface area contributed by atoms with Crippen LogP contribution in [-0.2, 0) is 4.74 Å². The van der Waals surface area contributed by atoms with Crippen LogP contribution in [0.5, 0.6) is 5.75 Å². The third kappa shape index (κ3) is 3.04. The number of benzene rings is 1. The minimum atomic E-state index is 0.0855. The van der Waals surface area contributed by atoms with E-state index >= 15 is 0 Å². The summed E-state index contributed by atoms with van der Waals surface area (Å²) in [7, 11) is 0. The molecule has 0 N–H and O–H groups in total. The van der Waals surface area contributed by atoms with E-state index in [0.717, 1.165) is 18.7 Å². The number of hydrogen-bond donors (Lipinski definition) is 0. The number of carbonyl (C=O) groups is 1. The fourth-order valence-corrected chi connectivity index (χ4v) is 2.60. The molecule has 3 rings (SSSR count). The molecule has 2 aliphatic heterocycles. The smallest absolute Gasteiger partial charge is 0.320 e. The quantitative estimate of drug-likeness (QED) is 0.819. The van der Waals surface area contributed by atoms with Gasteiger partial charge in [-0.1, -0.05) is 12.1 Å². The summed E-state index contributed by atoms with van der Waals surface area (Å²) >= 11 is 0. The average Bonchev–Trinajstić information content (AvgIpc) is 2.97. The molecule has 1 atom stereocenters. The lowest BCUT2D eigenvalue weighted by atomic mass is 10.3. The molecule has 1 unspecified atom stereocenters.